The summed E-state index contributed by atoms with van der Waals surface area (Å²) >= 11 is 6.09. The molecule has 8 nitrogen and oxygen atoms in total. The first kappa shape index (κ1) is 16.9. The van der Waals surface area contributed by atoms with Gasteiger partial charge in [0.2, 0.25) is 5.95 Å². The van der Waals surface area contributed by atoms with Crippen molar-refractivity contribution in [2.75, 3.05) is 18.9 Å². The number of aryl methyl sites for hydroxylation is 1. The molecule has 0 aliphatic carbocycles. The fraction of sp³-hybridized carbons (Fsp3) is 0.538. The number of anilines is 1. The molecule has 9 heteroatoms. The first-order valence-corrected chi connectivity index (χ1v) is 7.12. The second kappa shape index (κ2) is 6.76. The van der Waals surface area contributed by atoms with E-state index in [0.717, 1.165) is 5.56 Å². The van der Waals surface area contributed by atoms with Gasteiger partial charge in [-0.2, -0.15) is 4.98 Å². The third-order valence-corrected chi connectivity index (χ3v) is 3.67. The monoisotopic (exact) mass is 330 g/mol. The molecule has 0 saturated carbocycles. The molecule has 2 heterocycles. The summed E-state index contributed by atoms with van der Waals surface area (Å²) in [7, 11) is 0. The minimum atomic E-state index is -1.18. The summed E-state index contributed by atoms with van der Waals surface area (Å²) in [5, 5.41) is 28.7. The Morgan fingerprint density at radius 2 is 2.05 bits per heavy atom. The summed E-state index contributed by atoms with van der Waals surface area (Å²) in [4.78, 5) is 8.09. The molecule has 0 bridgehead atoms. The quantitative estimate of drug-likeness (QED) is 0.558. The third kappa shape index (κ3) is 3.16. The van der Waals surface area contributed by atoms with E-state index < -0.39 is 31.6 Å². The molecule has 0 amide bonds. The Morgan fingerprint density at radius 3 is 2.64 bits per heavy atom. The number of rotatable bonds is 6. The zero-order chi connectivity index (χ0) is 16.4. The fourth-order valence-corrected chi connectivity index (χ4v) is 2.59. The van der Waals surface area contributed by atoms with Crippen LogP contribution in [-0.2, 0) is 4.74 Å². The largest absolute Gasteiger partial charge is 0.394 e. The van der Waals surface area contributed by atoms with Gasteiger partial charge < -0.3 is 30.4 Å². The van der Waals surface area contributed by atoms with E-state index in [1.165, 1.54) is 0 Å². The van der Waals surface area contributed by atoms with Crippen LogP contribution in [0.15, 0.2) is 6.20 Å². The van der Waals surface area contributed by atoms with E-state index in [9.17, 15) is 10.2 Å². The minimum Gasteiger partial charge on any atom is -0.394 e. The third-order valence-electron chi connectivity index (χ3n) is 3.39. The van der Waals surface area contributed by atoms with Gasteiger partial charge in [0.05, 0.1) is 18.6 Å². The van der Waals surface area contributed by atoms with E-state index in [1.807, 2.05) is 6.92 Å². The average Bonchev–Trinajstić information content (AvgIpc) is 2.80. The van der Waals surface area contributed by atoms with E-state index in [-0.39, 0.29) is 11.1 Å². The van der Waals surface area contributed by atoms with Crippen LogP contribution in [0.5, 0.6) is 0 Å². The molecule has 1 unspecified atom stereocenters. The van der Waals surface area contributed by atoms with Gasteiger partial charge >= 0.3 is 0 Å². The second-order valence-electron chi connectivity index (χ2n) is 5.00. The van der Waals surface area contributed by atoms with Crippen LogP contribution in [-0.4, -0.2) is 55.3 Å². The Kier molecular flexibility index (Phi) is 5.20. The number of hydrogen-bond donors (Lipinski definition) is 4. The highest BCUT2D eigenvalue weighted by Crippen LogP contribution is 2.29. The Labute approximate surface area is 132 Å². The maximum Gasteiger partial charge on any atom is 0.223 e. The van der Waals surface area contributed by atoms with Gasteiger partial charge in [-0.05, 0) is 19.4 Å². The lowest BCUT2D eigenvalue weighted by Crippen LogP contribution is -2.36. The molecular formula is C13H19ClN4O4. The first-order chi connectivity index (χ1) is 10.4. The summed E-state index contributed by atoms with van der Waals surface area (Å²) in [5.74, 6) is 0.0400. The Bertz CT molecular complexity index is 663. The summed E-state index contributed by atoms with van der Waals surface area (Å²) < 4.78 is 7.28. The van der Waals surface area contributed by atoms with Gasteiger partial charge in [0, 0.05) is 6.20 Å². The van der Waals surface area contributed by atoms with Gasteiger partial charge in [0.15, 0.2) is 0 Å². The molecule has 0 aliphatic heterocycles. The van der Waals surface area contributed by atoms with Gasteiger partial charge in [0.25, 0.3) is 0 Å². The number of aliphatic hydroxyl groups is 3. The van der Waals surface area contributed by atoms with Crippen LogP contribution in [0.4, 0.5) is 5.95 Å². The molecule has 122 valence electrons. The number of nitrogen functional groups attached to an aromatic ring is 1. The standard InChI is InChI=1S/C13H19ClN4O4/c1-6-3-18(7(2)22-9(5-20)8(21)4-19)12-10(6)11(14)16-13(15)17-12/h3,7-9,19-21H,4-5H2,1-2H3,(H2,15,16,17)/t7?,8-,9+/m0/s1. The molecule has 0 spiro atoms. The lowest BCUT2D eigenvalue weighted by atomic mass is 10.2. The van der Waals surface area contributed by atoms with Crippen molar-refractivity contribution in [2.45, 2.75) is 32.3 Å². The van der Waals surface area contributed by atoms with Crippen LogP contribution in [0.1, 0.15) is 18.7 Å². The van der Waals surface area contributed by atoms with Crippen molar-refractivity contribution in [3.8, 4) is 0 Å². The zero-order valence-electron chi connectivity index (χ0n) is 12.3. The summed E-state index contributed by atoms with van der Waals surface area (Å²) in [6.07, 6.45) is -0.902. The maximum atomic E-state index is 9.61. The molecule has 0 radical (unpaired) electrons. The highest BCUT2D eigenvalue weighted by Gasteiger charge is 2.23. The molecule has 0 saturated heterocycles. The van der Waals surface area contributed by atoms with Crippen molar-refractivity contribution in [1.29, 1.82) is 0 Å². The molecule has 2 rings (SSSR count). The maximum absolute atomic E-state index is 9.61. The number of hydrogen-bond acceptors (Lipinski definition) is 7. The molecule has 0 aromatic carbocycles. The van der Waals surface area contributed by atoms with E-state index in [2.05, 4.69) is 9.97 Å². The molecule has 0 fully saturated rings. The molecule has 3 atom stereocenters. The Morgan fingerprint density at radius 1 is 1.36 bits per heavy atom. The van der Waals surface area contributed by atoms with Crippen LogP contribution >= 0.6 is 11.6 Å². The van der Waals surface area contributed by atoms with Crippen molar-refractivity contribution in [3.63, 3.8) is 0 Å². The van der Waals surface area contributed by atoms with Crippen molar-refractivity contribution >= 4 is 28.6 Å². The molecular weight excluding hydrogens is 312 g/mol. The predicted octanol–water partition coefficient (Wildman–Crippen LogP) is 0.225. The number of fused-ring (bicyclic) bond motifs is 1. The number of aliphatic hydroxyl groups excluding tert-OH is 3. The molecule has 5 N–H and O–H groups in total. The highest BCUT2D eigenvalue weighted by atomic mass is 35.5. The van der Waals surface area contributed by atoms with Crippen LogP contribution in [0.25, 0.3) is 11.0 Å². The number of nitrogens with zero attached hydrogens (tertiary/aromatic N) is 3. The number of halogens is 1. The Hall–Kier alpha value is -1.45. The first-order valence-electron chi connectivity index (χ1n) is 6.74. The van der Waals surface area contributed by atoms with E-state index in [4.69, 9.17) is 27.2 Å². The van der Waals surface area contributed by atoms with Crippen LogP contribution in [0.3, 0.4) is 0 Å². The smallest absolute Gasteiger partial charge is 0.223 e. The van der Waals surface area contributed by atoms with Gasteiger partial charge in [-0.3, -0.25) is 0 Å². The molecule has 0 aliphatic rings. The highest BCUT2D eigenvalue weighted by molar-refractivity contribution is 6.34. The molecule has 2 aromatic rings. The number of nitrogens with two attached hydrogens (primary N) is 1. The topological polar surface area (TPSA) is 127 Å². The van der Waals surface area contributed by atoms with Crippen LogP contribution in [0.2, 0.25) is 5.15 Å². The lowest BCUT2D eigenvalue weighted by Gasteiger charge is -2.25. The van der Waals surface area contributed by atoms with Gasteiger partial charge in [-0.1, -0.05) is 11.6 Å². The van der Waals surface area contributed by atoms with E-state index >= 15 is 0 Å². The van der Waals surface area contributed by atoms with Gasteiger partial charge in [-0.15, -0.1) is 0 Å². The predicted molar refractivity (Wildman–Crippen MR) is 81.4 cm³/mol. The summed E-state index contributed by atoms with van der Waals surface area (Å²) in [6.45, 7) is 2.63. The normalized spacial score (nSPS) is 15.9. The Balaban J connectivity index is 2.38. The number of aromatic nitrogens is 3. The van der Waals surface area contributed by atoms with Crippen LogP contribution in [0, 0.1) is 6.92 Å². The van der Waals surface area contributed by atoms with Gasteiger partial charge in [-0.25, -0.2) is 4.98 Å². The minimum absolute atomic E-state index is 0.0400. The van der Waals surface area contributed by atoms with Crippen molar-refractivity contribution < 1.29 is 20.1 Å². The number of ether oxygens (including phenoxy) is 1. The van der Waals surface area contributed by atoms with Gasteiger partial charge in [0.1, 0.15) is 29.2 Å². The van der Waals surface area contributed by atoms with Crippen LogP contribution < -0.4 is 5.73 Å². The average molecular weight is 331 g/mol. The van der Waals surface area contributed by atoms with E-state index in [1.54, 1.807) is 17.7 Å². The zero-order valence-corrected chi connectivity index (χ0v) is 13.0. The van der Waals surface area contributed by atoms with Crippen molar-refractivity contribution in [3.05, 3.63) is 16.9 Å². The van der Waals surface area contributed by atoms with Crippen molar-refractivity contribution in [1.82, 2.24) is 14.5 Å². The summed E-state index contributed by atoms with van der Waals surface area (Å²) in [5.41, 5.74) is 6.97. The fourth-order valence-electron chi connectivity index (χ4n) is 2.27. The second-order valence-corrected chi connectivity index (χ2v) is 5.35. The summed E-state index contributed by atoms with van der Waals surface area (Å²) in [6, 6.07) is 0. The lowest BCUT2D eigenvalue weighted by molar-refractivity contribution is -0.125. The van der Waals surface area contributed by atoms with E-state index in [0.29, 0.717) is 11.0 Å². The SMILES string of the molecule is Cc1cn(C(C)O[C@H](CO)[C@@H](O)CO)c2nc(N)nc(Cl)c12. The van der Waals surface area contributed by atoms with Crippen molar-refractivity contribution in [2.24, 2.45) is 0 Å². The molecule has 2 aromatic heterocycles. The molecule has 22 heavy (non-hydrogen) atoms.